The number of para-hydroxylation sites is 1. The molecule has 0 fully saturated rings. The molecule has 0 saturated carbocycles. The number of unbranched alkanes of at least 4 members (excludes halogenated alkanes) is 3. The largest absolute Gasteiger partial charge is 0.382 e. The predicted octanol–water partition coefficient (Wildman–Crippen LogP) is 5.94. The van der Waals surface area contributed by atoms with Gasteiger partial charge in [0.05, 0.1) is 37.5 Å². The molecule has 10 nitrogen and oxygen atoms in total. The Morgan fingerprint density at radius 3 is 2.18 bits per heavy atom. The molecule has 0 aliphatic heterocycles. The summed E-state index contributed by atoms with van der Waals surface area (Å²) in [7, 11) is 0. The van der Waals surface area contributed by atoms with Crippen LogP contribution in [0.5, 0.6) is 0 Å². The van der Waals surface area contributed by atoms with Crippen LogP contribution >= 0.6 is 0 Å². The first-order chi connectivity index (χ1) is 21.9. The Labute approximate surface area is 269 Å². The van der Waals surface area contributed by atoms with Gasteiger partial charge in [-0.3, -0.25) is 9.59 Å². The lowest BCUT2D eigenvalue weighted by Crippen LogP contribution is -2.26. The SMILES string of the molecule is CCCCc1nc2c(N)nc3ccccc3c2n1CCCCNC(=O)CCOCCOCCC(=O)NCCCCC(C)CCC. The van der Waals surface area contributed by atoms with Gasteiger partial charge in [-0.15, -0.1) is 0 Å². The topological polar surface area (TPSA) is 133 Å². The zero-order valence-corrected chi connectivity index (χ0v) is 27.9. The molecule has 3 aromatic rings. The van der Waals surface area contributed by atoms with Gasteiger partial charge in [0.15, 0.2) is 5.82 Å². The second kappa shape index (κ2) is 20.7. The number of fused-ring (bicyclic) bond motifs is 3. The zero-order chi connectivity index (χ0) is 32.3. The van der Waals surface area contributed by atoms with Crippen LogP contribution in [0.2, 0.25) is 0 Å². The third-order valence-electron chi connectivity index (χ3n) is 8.12. The summed E-state index contributed by atoms with van der Waals surface area (Å²) in [5, 5.41) is 7.02. The number of nitrogens with two attached hydrogens (primary N) is 1. The van der Waals surface area contributed by atoms with Crippen LogP contribution in [0.3, 0.4) is 0 Å². The first-order valence-corrected chi connectivity index (χ1v) is 17.2. The van der Waals surface area contributed by atoms with E-state index in [1.54, 1.807) is 0 Å². The maximum atomic E-state index is 12.3. The fourth-order valence-corrected chi connectivity index (χ4v) is 5.61. The van der Waals surface area contributed by atoms with Gasteiger partial charge in [-0.05, 0) is 37.7 Å². The van der Waals surface area contributed by atoms with Crippen molar-refractivity contribution in [3.05, 3.63) is 30.1 Å². The Balaban J connectivity index is 1.24. The van der Waals surface area contributed by atoms with Gasteiger partial charge in [-0.1, -0.05) is 71.1 Å². The first-order valence-electron chi connectivity index (χ1n) is 17.2. The molecular weight excluding hydrogens is 568 g/mol. The van der Waals surface area contributed by atoms with Crippen LogP contribution in [0.1, 0.15) is 97.2 Å². The minimum Gasteiger partial charge on any atom is -0.382 e. The van der Waals surface area contributed by atoms with Crippen LogP contribution in [0.4, 0.5) is 5.82 Å². The highest BCUT2D eigenvalue weighted by atomic mass is 16.5. The lowest BCUT2D eigenvalue weighted by molar-refractivity contribution is -0.123. The van der Waals surface area contributed by atoms with Crippen LogP contribution in [0.15, 0.2) is 24.3 Å². The van der Waals surface area contributed by atoms with E-state index in [0.717, 1.165) is 91.7 Å². The number of aromatic nitrogens is 3. The number of carbonyl (C=O) groups excluding carboxylic acids is 2. The van der Waals surface area contributed by atoms with Crippen molar-refractivity contribution in [2.75, 3.05) is 45.3 Å². The predicted molar refractivity (Wildman–Crippen MR) is 182 cm³/mol. The van der Waals surface area contributed by atoms with Gasteiger partial charge in [0.1, 0.15) is 11.3 Å². The Kier molecular flexibility index (Phi) is 16.7. The second-order valence-corrected chi connectivity index (χ2v) is 12.0. The summed E-state index contributed by atoms with van der Waals surface area (Å²) in [5.74, 6) is 2.29. The van der Waals surface area contributed by atoms with E-state index in [2.05, 4.69) is 47.0 Å². The molecule has 3 rings (SSSR count). The normalized spacial score (nSPS) is 12.2. The van der Waals surface area contributed by atoms with Crippen molar-refractivity contribution in [1.29, 1.82) is 0 Å². The number of aryl methyl sites for hydroxylation is 2. The van der Waals surface area contributed by atoms with Gasteiger partial charge in [0.25, 0.3) is 0 Å². The number of amides is 2. The molecule has 250 valence electrons. The fourth-order valence-electron chi connectivity index (χ4n) is 5.61. The molecule has 2 heterocycles. The molecule has 1 aromatic carbocycles. The van der Waals surface area contributed by atoms with E-state index in [9.17, 15) is 9.59 Å². The highest BCUT2D eigenvalue weighted by molar-refractivity contribution is 6.06. The Bertz CT molecular complexity index is 1310. The molecule has 1 unspecified atom stereocenters. The average Bonchev–Trinajstić information content (AvgIpc) is 3.40. The Hall–Kier alpha value is -3.24. The number of nitrogen functional groups attached to an aromatic ring is 1. The monoisotopic (exact) mass is 624 g/mol. The van der Waals surface area contributed by atoms with Gasteiger partial charge in [0, 0.05) is 44.3 Å². The zero-order valence-electron chi connectivity index (χ0n) is 27.9. The first kappa shape index (κ1) is 36.2. The smallest absolute Gasteiger partial charge is 0.222 e. The van der Waals surface area contributed by atoms with Crippen molar-refractivity contribution < 1.29 is 19.1 Å². The summed E-state index contributed by atoms with van der Waals surface area (Å²) in [5.41, 5.74) is 9.01. The van der Waals surface area contributed by atoms with E-state index < -0.39 is 0 Å². The van der Waals surface area contributed by atoms with E-state index >= 15 is 0 Å². The average molecular weight is 625 g/mol. The molecule has 2 aromatic heterocycles. The van der Waals surface area contributed by atoms with Gasteiger partial charge in [-0.2, -0.15) is 0 Å². The molecule has 2 amide bonds. The third kappa shape index (κ3) is 12.6. The number of anilines is 1. The number of benzene rings is 1. The van der Waals surface area contributed by atoms with Gasteiger partial charge in [0.2, 0.25) is 11.8 Å². The van der Waals surface area contributed by atoms with E-state index in [0.29, 0.717) is 51.6 Å². The lowest BCUT2D eigenvalue weighted by atomic mass is 9.99. The van der Waals surface area contributed by atoms with Crippen LogP contribution < -0.4 is 16.4 Å². The summed E-state index contributed by atoms with van der Waals surface area (Å²) < 4.78 is 13.3. The van der Waals surface area contributed by atoms with E-state index in [1.807, 2.05) is 18.2 Å². The van der Waals surface area contributed by atoms with Crippen molar-refractivity contribution in [3.63, 3.8) is 0 Å². The summed E-state index contributed by atoms with van der Waals surface area (Å²) in [4.78, 5) is 33.6. The van der Waals surface area contributed by atoms with Crippen molar-refractivity contribution >= 4 is 39.6 Å². The quantitative estimate of drug-likeness (QED) is 0.105. The Morgan fingerprint density at radius 2 is 1.51 bits per heavy atom. The highest BCUT2D eigenvalue weighted by Crippen LogP contribution is 2.29. The minimum atomic E-state index is -0.0195. The van der Waals surface area contributed by atoms with Gasteiger partial charge < -0.3 is 30.4 Å². The highest BCUT2D eigenvalue weighted by Gasteiger charge is 2.17. The number of carbonyl (C=O) groups is 2. The summed E-state index contributed by atoms with van der Waals surface area (Å²) in [6.07, 6.45) is 11.4. The number of hydrogen-bond acceptors (Lipinski definition) is 7. The maximum absolute atomic E-state index is 12.3. The number of nitrogens with zero attached hydrogens (tertiary/aromatic N) is 3. The fraction of sp³-hybridized carbons (Fsp3) is 0.657. The van der Waals surface area contributed by atoms with E-state index in [4.69, 9.17) is 20.2 Å². The van der Waals surface area contributed by atoms with Crippen molar-refractivity contribution in [1.82, 2.24) is 25.2 Å². The van der Waals surface area contributed by atoms with Crippen molar-refractivity contribution in [2.45, 2.75) is 104 Å². The number of imidazole rings is 1. The standard InChI is InChI=1S/C35H56N6O4/c1-4-6-17-30-40-33-34(28-15-7-8-16-29(28)39-35(33)36)41(30)22-12-11-21-38-32(43)19-24-45-26-25-44-23-18-31(42)37-20-10-9-14-27(3)13-5-2/h7-8,15-16,27H,4-6,9-14,17-26H2,1-3H3,(H2,36,39)(H,37,42)(H,38,43). The molecule has 45 heavy (non-hydrogen) atoms. The van der Waals surface area contributed by atoms with Crippen molar-refractivity contribution in [3.8, 4) is 0 Å². The number of hydrogen-bond donors (Lipinski definition) is 3. The molecule has 1 atom stereocenters. The van der Waals surface area contributed by atoms with Crippen molar-refractivity contribution in [2.24, 2.45) is 5.92 Å². The van der Waals surface area contributed by atoms with Gasteiger partial charge in [-0.25, -0.2) is 9.97 Å². The molecule has 10 heteroatoms. The molecule has 0 saturated heterocycles. The second-order valence-electron chi connectivity index (χ2n) is 12.0. The summed E-state index contributed by atoms with van der Waals surface area (Å²) in [6, 6.07) is 8.06. The number of rotatable bonds is 24. The number of ether oxygens (including phenoxy) is 2. The van der Waals surface area contributed by atoms with Crippen LogP contribution in [0, 0.1) is 5.92 Å². The van der Waals surface area contributed by atoms with Crippen LogP contribution in [-0.2, 0) is 32.0 Å². The molecule has 0 bridgehead atoms. The molecule has 0 aliphatic rings. The summed E-state index contributed by atoms with van der Waals surface area (Å²) in [6.45, 7) is 10.4. The lowest BCUT2D eigenvalue weighted by Gasteiger charge is -2.11. The molecular formula is C35H56N6O4. The van der Waals surface area contributed by atoms with Crippen LogP contribution in [-0.4, -0.2) is 65.9 Å². The van der Waals surface area contributed by atoms with Gasteiger partial charge >= 0.3 is 0 Å². The minimum absolute atomic E-state index is 0.0195. The summed E-state index contributed by atoms with van der Waals surface area (Å²) >= 11 is 0. The van der Waals surface area contributed by atoms with Crippen LogP contribution in [0.25, 0.3) is 21.9 Å². The van der Waals surface area contributed by atoms with E-state index in [-0.39, 0.29) is 11.8 Å². The Morgan fingerprint density at radius 1 is 0.844 bits per heavy atom. The van der Waals surface area contributed by atoms with E-state index in [1.165, 1.54) is 19.3 Å². The molecule has 0 aliphatic carbocycles. The number of pyridine rings is 1. The third-order valence-corrected chi connectivity index (χ3v) is 8.12. The number of nitrogens with one attached hydrogen (secondary N) is 2. The molecule has 0 radical (unpaired) electrons. The molecule has 0 spiro atoms. The molecule has 4 N–H and O–H groups in total. The maximum Gasteiger partial charge on any atom is 0.222 e.